The van der Waals surface area contributed by atoms with Crippen LogP contribution in [0.15, 0.2) is 12.2 Å². The summed E-state index contributed by atoms with van der Waals surface area (Å²) in [4.78, 5) is 0. The zero-order valence-corrected chi connectivity index (χ0v) is 22.2. The normalized spacial score (nSPS) is 50.7. The number of aliphatic hydroxyl groups is 2. The minimum absolute atomic E-state index is 0.155. The van der Waals surface area contributed by atoms with E-state index in [1.54, 1.807) is 0 Å². The molecule has 0 heterocycles. The predicted molar refractivity (Wildman–Crippen MR) is 135 cm³/mol. The van der Waals surface area contributed by atoms with Gasteiger partial charge in [0.2, 0.25) is 0 Å². The summed E-state index contributed by atoms with van der Waals surface area (Å²) < 4.78 is 0. The molecule has 4 fully saturated rings. The summed E-state index contributed by atoms with van der Waals surface area (Å²) in [5.74, 6) is 4.67. The van der Waals surface area contributed by atoms with E-state index in [9.17, 15) is 10.2 Å². The molecule has 2 N–H and O–H groups in total. The molecule has 184 valence electrons. The standard InChI is InChI=1S/C29H49ClO2/c1-7-20(18(2)3)9-8-19(4)23-10-11-24-22-16-26(30)29(32)17-21(31)12-15-28(29,6)25(22)13-14-27(23,24)5/h8-9,18-26,31-32H,7,10-17H2,1-6H3. The van der Waals surface area contributed by atoms with Crippen LogP contribution in [0, 0.1) is 52.3 Å². The van der Waals surface area contributed by atoms with Crippen molar-refractivity contribution in [2.45, 2.75) is 116 Å². The van der Waals surface area contributed by atoms with Crippen molar-refractivity contribution in [2.24, 2.45) is 52.3 Å². The largest absolute Gasteiger partial charge is 0.393 e. The van der Waals surface area contributed by atoms with Crippen molar-refractivity contribution in [2.75, 3.05) is 0 Å². The highest BCUT2D eigenvalue weighted by atomic mass is 35.5. The van der Waals surface area contributed by atoms with Crippen LogP contribution in [0.5, 0.6) is 0 Å². The minimum Gasteiger partial charge on any atom is -0.393 e. The molecule has 0 aromatic carbocycles. The second kappa shape index (κ2) is 8.87. The van der Waals surface area contributed by atoms with E-state index >= 15 is 0 Å². The van der Waals surface area contributed by atoms with Gasteiger partial charge in [0.1, 0.15) is 0 Å². The molecule has 4 aliphatic rings. The first kappa shape index (κ1) is 25.1. The van der Waals surface area contributed by atoms with E-state index in [-0.39, 0.29) is 10.8 Å². The van der Waals surface area contributed by atoms with Gasteiger partial charge in [-0.2, -0.15) is 0 Å². The number of hydrogen-bond acceptors (Lipinski definition) is 2. The SMILES string of the molecule is CCC(C=CC(C)C1CCC2C3CC(Cl)C4(O)CC(O)CCC4(C)C3CCC12C)C(C)C. The summed E-state index contributed by atoms with van der Waals surface area (Å²) in [5, 5.41) is 21.9. The molecule has 0 aromatic rings. The highest BCUT2D eigenvalue weighted by Gasteiger charge is 2.67. The summed E-state index contributed by atoms with van der Waals surface area (Å²) >= 11 is 7.00. The third-order valence-electron chi connectivity index (χ3n) is 11.5. The molecular weight excluding hydrogens is 416 g/mol. The van der Waals surface area contributed by atoms with E-state index in [0.29, 0.717) is 41.4 Å². The van der Waals surface area contributed by atoms with Crippen LogP contribution in [-0.2, 0) is 0 Å². The molecule has 0 saturated heterocycles. The van der Waals surface area contributed by atoms with Gasteiger partial charge in [-0.15, -0.1) is 11.6 Å². The highest BCUT2D eigenvalue weighted by molar-refractivity contribution is 6.21. The first-order chi connectivity index (χ1) is 15.0. The average molecular weight is 465 g/mol. The van der Waals surface area contributed by atoms with Crippen molar-refractivity contribution in [3.8, 4) is 0 Å². The summed E-state index contributed by atoms with van der Waals surface area (Å²) in [6, 6.07) is 0. The third kappa shape index (κ3) is 3.74. The molecule has 32 heavy (non-hydrogen) atoms. The lowest BCUT2D eigenvalue weighted by atomic mass is 9.43. The maximum Gasteiger partial charge on any atom is 0.0891 e. The van der Waals surface area contributed by atoms with Crippen LogP contribution < -0.4 is 0 Å². The number of rotatable bonds is 5. The number of hydrogen-bond donors (Lipinski definition) is 2. The van der Waals surface area contributed by atoms with Gasteiger partial charge < -0.3 is 10.2 Å². The smallest absolute Gasteiger partial charge is 0.0891 e. The van der Waals surface area contributed by atoms with E-state index in [1.807, 2.05) is 0 Å². The van der Waals surface area contributed by atoms with E-state index in [2.05, 4.69) is 53.7 Å². The van der Waals surface area contributed by atoms with Gasteiger partial charge in [-0.05, 0) is 98.2 Å². The Morgan fingerprint density at radius 3 is 2.38 bits per heavy atom. The predicted octanol–water partition coefficient (Wildman–Crippen LogP) is 7.21. The van der Waals surface area contributed by atoms with Gasteiger partial charge >= 0.3 is 0 Å². The molecule has 0 aliphatic heterocycles. The quantitative estimate of drug-likeness (QED) is 0.333. The van der Waals surface area contributed by atoms with Gasteiger partial charge in [-0.25, -0.2) is 0 Å². The van der Waals surface area contributed by atoms with Gasteiger partial charge in [-0.3, -0.25) is 0 Å². The van der Waals surface area contributed by atoms with Crippen LogP contribution in [-0.4, -0.2) is 27.3 Å². The highest BCUT2D eigenvalue weighted by Crippen LogP contribution is 2.69. The zero-order chi connectivity index (χ0) is 23.5. The number of fused-ring (bicyclic) bond motifs is 5. The fraction of sp³-hybridized carbons (Fsp3) is 0.931. The maximum atomic E-state index is 11.8. The second-order valence-electron chi connectivity index (χ2n) is 13.1. The Morgan fingerprint density at radius 1 is 1.00 bits per heavy atom. The Morgan fingerprint density at radius 2 is 1.72 bits per heavy atom. The van der Waals surface area contributed by atoms with Crippen molar-refractivity contribution in [3.63, 3.8) is 0 Å². The molecule has 11 atom stereocenters. The Hall–Kier alpha value is -0.0500. The van der Waals surface area contributed by atoms with Gasteiger partial charge in [0.05, 0.1) is 17.1 Å². The van der Waals surface area contributed by atoms with Crippen LogP contribution >= 0.6 is 11.6 Å². The third-order valence-corrected chi connectivity index (χ3v) is 12.0. The zero-order valence-electron chi connectivity index (χ0n) is 21.5. The summed E-state index contributed by atoms with van der Waals surface area (Å²) in [7, 11) is 0. The van der Waals surface area contributed by atoms with Crippen LogP contribution in [0.4, 0.5) is 0 Å². The molecule has 0 aromatic heterocycles. The maximum absolute atomic E-state index is 11.8. The van der Waals surface area contributed by atoms with Crippen LogP contribution in [0.3, 0.4) is 0 Å². The van der Waals surface area contributed by atoms with Gasteiger partial charge in [0.25, 0.3) is 0 Å². The molecule has 4 saturated carbocycles. The number of aliphatic hydroxyl groups excluding tert-OH is 1. The Kier molecular flexibility index (Phi) is 6.94. The molecule has 0 amide bonds. The number of halogens is 1. The summed E-state index contributed by atoms with van der Waals surface area (Å²) in [6.07, 6.45) is 14.1. The number of alkyl halides is 1. The van der Waals surface area contributed by atoms with Crippen LogP contribution in [0.25, 0.3) is 0 Å². The Bertz CT molecular complexity index is 705. The lowest BCUT2D eigenvalue weighted by Crippen LogP contribution is -2.67. The molecule has 0 radical (unpaired) electrons. The lowest BCUT2D eigenvalue weighted by molar-refractivity contribution is -0.217. The molecule has 4 aliphatic carbocycles. The van der Waals surface area contributed by atoms with Crippen LogP contribution in [0.2, 0.25) is 0 Å². The molecular formula is C29H49ClO2. The molecule has 0 bridgehead atoms. The topological polar surface area (TPSA) is 40.5 Å². The average Bonchev–Trinajstić information content (AvgIpc) is 3.08. The summed E-state index contributed by atoms with van der Waals surface area (Å²) in [6.45, 7) is 14.4. The minimum atomic E-state index is -0.915. The van der Waals surface area contributed by atoms with Crippen molar-refractivity contribution < 1.29 is 10.2 Å². The van der Waals surface area contributed by atoms with Crippen molar-refractivity contribution in [3.05, 3.63) is 12.2 Å². The summed E-state index contributed by atoms with van der Waals surface area (Å²) in [5.41, 5.74) is -0.680. The van der Waals surface area contributed by atoms with Crippen molar-refractivity contribution in [1.29, 1.82) is 0 Å². The van der Waals surface area contributed by atoms with E-state index in [1.165, 1.54) is 32.1 Å². The first-order valence-electron chi connectivity index (χ1n) is 13.7. The van der Waals surface area contributed by atoms with E-state index in [0.717, 1.165) is 31.1 Å². The van der Waals surface area contributed by atoms with Gasteiger partial charge in [0.15, 0.2) is 0 Å². The van der Waals surface area contributed by atoms with E-state index < -0.39 is 11.7 Å². The first-order valence-corrected chi connectivity index (χ1v) is 14.1. The Balaban J connectivity index is 1.56. The fourth-order valence-corrected chi connectivity index (χ4v) is 9.94. The monoisotopic (exact) mass is 464 g/mol. The van der Waals surface area contributed by atoms with Gasteiger partial charge in [0, 0.05) is 11.8 Å². The van der Waals surface area contributed by atoms with E-state index in [4.69, 9.17) is 11.6 Å². The number of allylic oxidation sites excluding steroid dienone is 2. The molecule has 2 nitrogen and oxygen atoms in total. The molecule has 0 spiro atoms. The fourth-order valence-electron chi connectivity index (χ4n) is 9.40. The van der Waals surface area contributed by atoms with Crippen LogP contribution in [0.1, 0.15) is 99.3 Å². The molecule has 3 heteroatoms. The molecule has 4 rings (SSSR count). The second-order valence-corrected chi connectivity index (χ2v) is 13.6. The van der Waals surface area contributed by atoms with Crippen molar-refractivity contribution in [1.82, 2.24) is 0 Å². The van der Waals surface area contributed by atoms with Gasteiger partial charge in [-0.1, -0.05) is 53.7 Å². The molecule has 11 unspecified atom stereocenters. The lowest BCUT2D eigenvalue weighted by Gasteiger charge is -2.65. The Labute approximate surface area is 202 Å². The van der Waals surface area contributed by atoms with Crippen molar-refractivity contribution >= 4 is 11.6 Å².